The zero-order valence-electron chi connectivity index (χ0n) is 12.6. The van der Waals surface area contributed by atoms with Crippen LogP contribution in [0.15, 0.2) is 48.5 Å². The maximum absolute atomic E-state index is 10.8. The summed E-state index contributed by atoms with van der Waals surface area (Å²) in [5.74, 6) is -0.514. The van der Waals surface area contributed by atoms with Gasteiger partial charge < -0.3 is 10.2 Å². The van der Waals surface area contributed by atoms with Gasteiger partial charge in [0.25, 0.3) is 0 Å². The summed E-state index contributed by atoms with van der Waals surface area (Å²) >= 11 is 7.30. The van der Waals surface area contributed by atoms with Gasteiger partial charge in [-0.1, -0.05) is 35.9 Å². The second-order valence-electron chi connectivity index (χ2n) is 5.30. The van der Waals surface area contributed by atoms with E-state index in [2.05, 4.69) is 0 Å². The molecular formula is C18H19ClO3S. The summed E-state index contributed by atoms with van der Waals surface area (Å²) in [5.41, 5.74) is 2.27. The minimum Gasteiger partial charge on any atom is -0.508 e. The number of phenols is 1. The minimum absolute atomic E-state index is 0.0759. The number of carboxylic acids is 1. The SMILES string of the molecule is O=C(O)CSC(CCCc1ccc(Cl)cc1)c1ccc(O)cc1. The summed E-state index contributed by atoms with van der Waals surface area (Å²) in [6.45, 7) is 0. The Morgan fingerprint density at radius 3 is 2.35 bits per heavy atom. The molecule has 0 amide bonds. The lowest BCUT2D eigenvalue weighted by atomic mass is 10.0. The quantitative estimate of drug-likeness (QED) is 0.708. The molecule has 23 heavy (non-hydrogen) atoms. The summed E-state index contributed by atoms with van der Waals surface area (Å²) in [6.07, 6.45) is 2.77. The number of hydrogen-bond acceptors (Lipinski definition) is 3. The lowest BCUT2D eigenvalue weighted by Gasteiger charge is -2.16. The van der Waals surface area contributed by atoms with E-state index >= 15 is 0 Å². The Labute approximate surface area is 145 Å². The number of hydrogen-bond donors (Lipinski definition) is 2. The van der Waals surface area contributed by atoms with Crippen molar-refractivity contribution >= 4 is 29.3 Å². The van der Waals surface area contributed by atoms with Crippen molar-refractivity contribution in [2.24, 2.45) is 0 Å². The molecule has 0 aliphatic carbocycles. The standard InChI is InChI=1S/C18H19ClO3S/c19-15-8-4-13(5-9-15)2-1-3-17(23-12-18(21)22)14-6-10-16(20)11-7-14/h4-11,17,20H,1-3,12H2,(H,21,22). The normalized spacial score (nSPS) is 12.0. The van der Waals surface area contributed by atoms with Crippen LogP contribution in [0.25, 0.3) is 0 Å². The average Bonchev–Trinajstić information content (AvgIpc) is 2.53. The summed E-state index contributed by atoms with van der Waals surface area (Å²) in [7, 11) is 0. The molecule has 2 aromatic carbocycles. The lowest BCUT2D eigenvalue weighted by molar-refractivity contribution is -0.133. The highest BCUT2D eigenvalue weighted by Gasteiger charge is 2.14. The molecule has 0 aliphatic heterocycles. The Hall–Kier alpha value is -1.65. The third-order valence-corrected chi connectivity index (χ3v) is 5.09. The van der Waals surface area contributed by atoms with E-state index in [1.165, 1.54) is 17.3 Å². The molecule has 0 fully saturated rings. The van der Waals surface area contributed by atoms with E-state index in [1.807, 2.05) is 36.4 Å². The Morgan fingerprint density at radius 1 is 1.09 bits per heavy atom. The fraction of sp³-hybridized carbons (Fsp3) is 0.278. The Balaban J connectivity index is 1.95. The maximum atomic E-state index is 10.8. The Bertz CT molecular complexity index is 626. The van der Waals surface area contributed by atoms with Crippen molar-refractivity contribution < 1.29 is 15.0 Å². The highest BCUT2D eigenvalue weighted by molar-refractivity contribution is 8.00. The number of aromatic hydroxyl groups is 1. The van der Waals surface area contributed by atoms with Crippen molar-refractivity contribution in [2.75, 3.05) is 5.75 Å². The van der Waals surface area contributed by atoms with E-state index in [4.69, 9.17) is 16.7 Å². The van der Waals surface area contributed by atoms with Gasteiger partial charge in [0.1, 0.15) is 5.75 Å². The number of thioether (sulfide) groups is 1. The smallest absolute Gasteiger partial charge is 0.313 e. The highest BCUT2D eigenvalue weighted by atomic mass is 35.5. The van der Waals surface area contributed by atoms with Crippen LogP contribution in [0.4, 0.5) is 0 Å². The van der Waals surface area contributed by atoms with Crippen LogP contribution < -0.4 is 0 Å². The van der Waals surface area contributed by atoms with Crippen molar-refractivity contribution in [1.29, 1.82) is 0 Å². The third kappa shape index (κ3) is 6.16. The van der Waals surface area contributed by atoms with Crippen LogP contribution in [-0.4, -0.2) is 21.9 Å². The van der Waals surface area contributed by atoms with Crippen molar-refractivity contribution in [2.45, 2.75) is 24.5 Å². The van der Waals surface area contributed by atoms with E-state index in [1.54, 1.807) is 12.1 Å². The largest absolute Gasteiger partial charge is 0.508 e. The molecule has 0 bridgehead atoms. The van der Waals surface area contributed by atoms with E-state index < -0.39 is 5.97 Å². The van der Waals surface area contributed by atoms with Gasteiger partial charge >= 0.3 is 5.97 Å². The van der Waals surface area contributed by atoms with Crippen LogP contribution >= 0.6 is 23.4 Å². The van der Waals surface area contributed by atoms with Gasteiger partial charge in [-0.3, -0.25) is 4.79 Å². The second-order valence-corrected chi connectivity index (χ2v) is 6.93. The maximum Gasteiger partial charge on any atom is 0.313 e. The molecule has 1 unspecified atom stereocenters. The van der Waals surface area contributed by atoms with Crippen LogP contribution in [0, 0.1) is 0 Å². The summed E-state index contributed by atoms with van der Waals surface area (Å²) < 4.78 is 0. The predicted octanol–water partition coefficient (Wildman–Crippen LogP) is 4.93. The minimum atomic E-state index is -0.809. The molecule has 122 valence electrons. The molecule has 0 aliphatic rings. The molecule has 0 spiro atoms. The van der Waals surface area contributed by atoms with Crippen LogP contribution in [0.5, 0.6) is 5.75 Å². The van der Waals surface area contributed by atoms with Crippen molar-refractivity contribution in [3.8, 4) is 5.75 Å². The van der Waals surface area contributed by atoms with Gasteiger partial charge in [0.15, 0.2) is 0 Å². The molecule has 0 saturated carbocycles. The number of carbonyl (C=O) groups is 1. The highest BCUT2D eigenvalue weighted by Crippen LogP contribution is 2.34. The van der Waals surface area contributed by atoms with E-state index in [9.17, 15) is 9.90 Å². The number of aliphatic carboxylic acids is 1. The second kappa shape index (κ2) is 8.85. The first-order chi connectivity index (χ1) is 11.0. The van der Waals surface area contributed by atoms with Crippen LogP contribution in [0.3, 0.4) is 0 Å². The monoisotopic (exact) mass is 350 g/mol. The zero-order chi connectivity index (χ0) is 16.7. The molecule has 0 aromatic heterocycles. The molecule has 2 N–H and O–H groups in total. The third-order valence-electron chi connectivity index (χ3n) is 3.52. The Morgan fingerprint density at radius 2 is 1.74 bits per heavy atom. The van der Waals surface area contributed by atoms with Gasteiger partial charge in [-0.15, -0.1) is 11.8 Å². The van der Waals surface area contributed by atoms with Gasteiger partial charge in [0.2, 0.25) is 0 Å². The van der Waals surface area contributed by atoms with Gasteiger partial charge in [0.05, 0.1) is 5.75 Å². The number of carboxylic acid groups (broad SMARTS) is 1. The van der Waals surface area contributed by atoms with Crippen molar-refractivity contribution in [3.05, 3.63) is 64.7 Å². The fourth-order valence-electron chi connectivity index (χ4n) is 2.35. The summed E-state index contributed by atoms with van der Waals surface area (Å²) in [6, 6.07) is 14.8. The van der Waals surface area contributed by atoms with Crippen LogP contribution in [0.2, 0.25) is 5.02 Å². The van der Waals surface area contributed by atoms with E-state index in [0.29, 0.717) is 0 Å². The number of phenolic OH excluding ortho intramolecular Hbond substituents is 1. The summed E-state index contributed by atoms with van der Waals surface area (Å²) in [5, 5.41) is 19.1. The van der Waals surface area contributed by atoms with Gasteiger partial charge in [-0.2, -0.15) is 0 Å². The molecule has 0 heterocycles. The summed E-state index contributed by atoms with van der Waals surface area (Å²) in [4.78, 5) is 10.8. The average molecular weight is 351 g/mol. The lowest BCUT2D eigenvalue weighted by Crippen LogP contribution is -2.03. The molecule has 0 radical (unpaired) electrons. The molecule has 2 rings (SSSR count). The molecule has 1 atom stereocenters. The topological polar surface area (TPSA) is 57.5 Å². The number of benzene rings is 2. The number of halogens is 1. The molecule has 3 nitrogen and oxygen atoms in total. The van der Waals surface area contributed by atoms with E-state index in [-0.39, 0.29) is 16.8 Å². The van der Waals surface area contributed by atoms with Gasteiger partial charge in [-0.25, -0.2) is 0 Å². The molecule has 2 aromatic rings. The van der Waals surface area contributed by atoms with Crippen molar-refractivity contribution in [1.82, 2.24) is 0 Å². The first-order valence-electron chi connectivity index (χ1n) is 7.41. The van der Waals surface area contributed by atoms with Crippen molar-refractivity contribution in [3.63, 3.8) is 0 Å². The van der Waals surface area contributed by atoms with Crippen LogP contribution in [0.1, 0.15) is 29.2 Å². The van der Waals surface area contributed by atoms with Crippen LogP contribution in [-0.2, 0) is 11.2 Å². The molecule has 5 heteroatoms. The first-order valence-corrected chi connectivity index (χ1v) is 8.84. The zero-order valence-corrected chi connectivity index (χ0v) is 14.2. The molecular weight excluding hydrogens is 332 g/mol. The first kappa shape index (κ1) is 17.7. The molecule has 0 saturated heterocycles. The number of rotatable bonds is 8. The Kier molecular flexibility index (Phi) is 6.81. The van der Waals surface area contributed by atoms with Gasteiger partial charge in [-0.05, 0) is 54.7 Å². The van der Waals surface area contributed by atoms with Gasteiger partial charge in [0, 0.05) is 10.3 Å². The fourth-order valence-corrected chi connectivity index (χ4v) is 3.50. The van der Waals surface area contributed by atoms with E-state index in [0.717, 1.165) is 29.8 Å². The number of aryl methyl sites for hydroxylation is 1. The predicted molar refractivity (Wildman–Crippen MR) is 95.3 cm³/mol.